The van der Waals surface area contributed by atoms with Crippen LogP contribution >= 0.6 is 0 Å². The summed E-state index contributed by atoms with van der Waals surface area (Å²) in [5, 5.41) is 7.03. The largest absolute Gasteiger partial charge is 0.444 e. The van der Waals surface area contributed by atoms with Crippen LogP contribution in [0.2, 0.25) is 0 Å². The van der Waals surface area contributed by atoms with Crippen LogP contribution in [0, 0.1) is 0 Å². The molecule has 8 nitrogen and oxygen atoms in total. The summed E-state index contributed by atoms with van der Waals surface area (Å²) >= 11 is 0. The molecule has 0 unspecified atom stereocenters. The first-order chi connectivity index (χ1) is 20.7. The number of anilines is 2. The maximum absolute atomic E-state index is 13.7. The lowest BCUT2D eigenvalue weighted by Crippen LogP contribution is -2.38. The third-order valence-corrected chi connectivity index (χ3v) is 7.96. The van der Waals surface area contributed by atoms with E-state index in [1.54, 1.807) is 6.07 Å². The number of ether oxygens (including phenoxy) is 2. The van der Waals surface area contributed by atoms with Crippen LogP contribution < -0.4 is 10.6 Å². The average molecular weight is 581 g/mol. The highest BCUT2D eigenvalue weighted by Gasteiger charge is 2.28. The van der Waals surface area contributed by atoms with Crippen LogP contribution in [0.1, 0.15) is 55.5 Å². The SMILES string of the molecule is CC(C)(C)OC(=O)Nc1ccc(-c2ccccc2)cc1NC(=O)c1ccc2c(c1)c(C1CC1)cn2CCN1CCOCC1. The van der Waals surface area contributed by atoms with Gasteiger partial charge in [-0.05, 0) is 86.6 Å². The highest BCUT2D eigenvalue weighted by Crippen LogP contribution is 2.44. The van der Waals surface area contributed by atoms with Crippen molar-refractivity contribution in [3.05, 3.63) is 84.1 Å². The summed E-state index contributed by atoms with van der Waals surface area (Å²) in [7, 11) is 0. The molecule has 0 spiro atoms. The summed E-state index contributed by atoms with van der Waals surface area (Å²) in [4.78, 5) is 28.8. The number of carbonyl (C=O) groups excluding carboxylic acids is 2. The highest BCUT2D eigenvalue weighted by molar-refractivity contribution is 6.09. The van der Waals surface area contributed by atoms with E-state index in [2.05, 4.69) is 32.4 Å². The van der Waals surface area contributed by atoms with Crippen molar-refractivity contribution in [2.24, 2.45) is 0 Å². The molecule has 0 atom stereocenters. The van der Waals surface area contributed by atoms with Gasteiger partial charge in [0.25, 0.3) is 5.91 Å². The van der Waals surface area contributed by atoms with Crippen molar-refractivity contribution in [3.63, 3.8) is 0 Å². The monoisotopic (exact) mass is 580 g/mol. The topological polar surface area (TPSA) is 84.8 Å². The first-order valence-electron chi connectivity index (χ1n) is 15.2. The fraction of sp³-hybridized carbons (Fsp3) is 0.371. The van der Waals surface area contributed by atoms with Crippen molar-refractivity contribution >= 4 is 34.3 Å². The molecule has 0 bridgehead atoms. The minimum Gasteiger partial charge on any atom is -0.444 e. The number of nitrogens with zero attached hydrogens (tertiary/aromatic N) is 2. The van der Waals surface area contributed by atoms with Gasteiger partial charge in [0, 0.05) is 48.8 Å². The van der Waals surface area contributed by atoms with Crippen LogP contribution in [-0.2, 0) is 16.0 Å². The van der Waals surface area contributed by atoms with Gasteiger partial charge < -0.3 is 19.4 Å². The van der Waals surface area contributed by atoms with Crippen LogP contribution in [0.4, 0.5) is 16.2 Å². The van der Waals surface area contributed by atoms with E-state index in [1.165, 1.54) is 18.4 Å². The zero-order valence-corrected chi connectivity index (χ0v) is 25.2. The molecule has 2 fully saturated rings. The van der Waals surface area contributed by atoms with Crippen molar-refractivity contribution in [1.29, 1.82) is 0 Å². The van der Waals surface area contributed by atoms with E-state index in [4.69, 9.17) is 9.47 Å². The number of hydrogen-bond donors (Lipinski definition) is 2. The van der Waals surface area contributed by atoms with Gasteiger partial charge in [0.1, 0.15) is 5.60 Å². The number of rotatable bonds is 8. The van der Waals surface area contributed by atoms with Crippen LogP contribution in [0.5, 0.6) is 0 Å². The molecule has 1 aliphatic carbocycles. The molecule has 2 heterocycles. The van der Waals surface area contributed by atoms with Gasteiger partial charge in [0.2, 0.25) is 0 Å². The molecule has 4 aromatic rings. The lowest BCUT2D eigenvalue weighted by atomic mass is 10.0. The first kappa shape index (κ1) is 29.0. The van der Waals surface area contributed by atoms with Gasteiger partial charge in [-0.3, -0.25) is 15.0 Å². The predicted molar refractivity (Wildman–Crippen MR) is 171 cm³/mol. The number of carbonyl (C=O) groups is 2. The van der Waals surface area contributed by atoms with Crippen LogP contribution in [0.15, 0.2) is 72.9 Å². The second-order valence-corrected chi connectivity index (χ2v) is 12.4. The molecule has 2 N–H and O–H groups in total. The number of hydrogen-bond acceptors (Lipinski definition) is 5. The molecule has 1 saturated heterocycles. The second-order valence-electron chi connectivity index (χ2n) is 12.4. The van der Waals surface area contributed by atoms with Gasteiger partial charge >= 0.3 is 6.09 Å². The quantitative estimate of drug-likeness (QED) is 0.232. The van der Waals surface area contributed by atoms with Gasteiger partial charge in [-0.2, -0.15) is 0 Å². The lowest BCUT2D eigenvalue weighted by molar-refractivity contribution is 0.0365. The van der Waals surface area contributed by atoms with Gasteiger partial charge in [-0.25, -0.2) is 4.79 Å². The molecule has 8 heteroatoms. The molecule has 1 aliphatic heterocycles. The Kier molecular flexibility index (Phi) is 8.23. The molecule has 2 amide bonds. The summed E-state index contributed by atoms with van der Waals surface area (Å²) < 4.78 is 13.3. The Labute approximate surface area is 253 Å². The Morgan fingerprint density at radius 1 is 0.884 bits per heavy atom. The van der Waals surface area contributed by atoms with Gasteiger partial charge in [0.15, 0.2) is 0 Å². The second kappa shape index (κ2) is 12.2. The zero-order chi connectivity index (χ0) is 30.0. The molecular formula is C35H40N4O4. The van der Waals surface area contributed by atoms with Crippen molar-refractivity contribution in [2.75, 3.05) is 43.5 Å². The van der Waals surface area contributed by atoms with Crippen molar-refractivity contribution in [1.82, 2.24) is 9.47 Å². The molecule has 1 aromatic heterocycles. The number of nitrogens with one attached hydrogen (secondary N) is 2. The molecule has 2 aliphatic rings. The fourth-order valence-corrected chi connectivity index (χ4v) is 5.62. The minimum absolute atomic E-state index is 0.234. The Bertz CT molecular complexity index is 1610. The van der Waals surface area contributed by atoms with Crippen molar-refractivity contribution < 1.29 is 19.1 Å². The molecule has 43 heavy (non-hydrogen) atoms. The van der Waals surface area contributed by atoms with E-state index < -0.39 is 11.7 Å². The zero-order valence-electron chi connectivity index (χ0n) is 25.2. The van der Waals surface area contributed by atoms with Crippen LogP contribution in [0.3, 0.4) is 0 Å². The average Bonchev–Trinajstić information content (AvgIpc) is 3.77. The van der Waals surface area contributed by atoms with E-state index >= 15 is 0 Å². The predicted octanol–water partition coefficient (Wildman–Crippen LogP) is 7.12. The van der Waals surface area contributed by atoms with E-state index in [0.29, 0.717) is 22.9 Å². The maximum atomic E-state index is 13.7. The van der Waals surface area contributed by atoms with Crippen molar-refractivity contribution in [3.8, 4) is 11.1 Å². The summed E-state index contributed by atoms with van der Waals surface area (Å²) in [6.07, 6.45) is 4.08. The van der Waals surface area contributed by atoms with E-state index in [0.717, 1.165) is 61.4 Å². The Morgan fingerprint density at radius 2 is 1.65 bits per heavy atom. The number of fused-ring (bicyclic) bond motifs is 1. The third kappa shape index (κ3) is 7.09. The van der Waals surface area contributed by atoms with Gasteiger partial charge in [-0.15, -0.1) is 0 Å². The van der Waals surface area contributed by atoms with Crippen LogP contribution in [-0.4, -0.2) is 59.9 Å². The first-order valence-corrected chi connectivity index (χ1v) is 15.2. The molecular weight excluding hydrogens is 540 g/mol. The summed E-state index contributed by atoms with van der Waals surface area (Å²) in [6.45, 7) is 10.8. The fourth-order valence-electron chi connectivity index (χ4n) is 5.62. The molecule has 224 valence electrons. The Morgan fingerprint density at radius 3 is 2.37 bits per heavy atom. The molecule has 1 saturated carbocycles. The Balaban J connectivity index is 1.27. The normalized spacial score (nSPS) is 15.8. The van der Waals surface area contributed by atoms with Crippen molar-refractivity contribution in [2.45, 2.75) is 51.7 Å². The van der Waals surface area contributed by atoms with Gasteiger partial charge in [0.05, 0.1) is 24.6 Å². The van der Waals surface area contributed by atoms with E-state index in [9.17, 15) is 9.59 Å². The van der Waals surface area contributed by atoms with Crippen LogP contribution in [0.25, 0.3) is 22.0 Å². The number of benzene rings is 3. The summed E-state index contributed by atoms with van der Waals surface area (Å²) in [5.41, 5.74) is 5.32. The number of morpholine rings is 1. The number of amides is 2. The maximum Gasteiger partial charge on any atom is 0.412 e. The summed E-state index contributed by atoms with van der Waals surface area (Å²) in [5.74, 6) is 0.319. The minimum atomic E-state index is -0.648. The standard InChI is InChI=1S/C35H40N4O4/c1-35(2,3)43-34(41)37-30-13-11-26(24-7-5-4-6-8-24)22-31(30)36-33(40)27-12-14-32-28(21-27)29(25-9-10-25)23-39(32)16-15-38-17-19-42-20-18-38/h4-8,11-14,21-23,25H,9-10,15-20H2,1-3H3,(H,36,40)(H,37,41). The van der Waals surface area contributed by atoms with E-state index in [1.807, 2.05) is 75.4 Å². The van der Waals surface area contributed by atoms with E-state index in [-0.39, 0.29) is 5.91 Å². The summed E-state index contributed by atoms with van der Waals surface area (Å²) in [6, 6.07) is 21.5. The molecule has 3 aromatic carbocycles. The molecule has 6 rings (SSSR count). The third-order valence-electron chi connectivity index (χ3n) is 7.96. The Hall–Kier alpha value is -4.14. The number of aromatic nitrogens is 1. The highest BCUT2D eigenvalue weighted by atomic mass is 16.6. The molecule has 0 radical (unpaired) electrons. The lowest BCUT2D eigenvalue weighted by Gasteiger charge is -2.26. The smallest absolute Gasteiger partial charge is 0.412 e. The van der Waals surface area contributed by atoms with Gasteiger partial charge in [-0.1, -0.05) is 36.4 Å².